The van der Waals surface area contributed by atoms with Gasteiger partial charge in [0.2, 0.25) is 5.91 Å². The first-order chi connectivity index (χ1) is 8.17. The number of nitrogens with one attached hydrogen (secondary N) is 1. The number of hydrogen-bond donors (Lipinski definition) is 2. The highest BCUT2D eigenvalue weighted by Crippen LogP contribution is 2.30. The summed E-state index contributed by atoms with van der Waals surface area (Å²) in [6.07, 6.45) is 5.90. The van der Waals surface area contributed by atoms with E-state index in [1.165, 1.54) is 32.8 Å². The highest BCUT2D eigenvalue weighted by Gasteiger charge is 2.19. The Morgan fingerprint density at radius 1 is 1.53 bits per heavy atom. The molecule has 4 nitrogen and oxygen atoms in total. The molecule has 1 rings (SSSR count). The van der Waals surface area contributed by atoms with Crippen LogP contribution < -0.4 is 11.1 Å². The maximum absolute atomic E-state index is 11.6. The van der Waals surface area contributed by atoms with Crippen molar-refractivity contribution in [3.05, 3.63) is 0 Å². The van der Waals surface area contributed by atoms with Gasteiger partial charge in [-0.2, -0.15) is 0 Å². The Bertz CT molecular complexity index is 229. The minimum atomic E-state index is -0.500. The molecule has 17 heavy (non-hydrogen) atoms. The lowest BCUT2D eigenvalue weighted by Crippen LogP contribution is -2.41. The molecule has 0 aliphatic heterocycles. The molecule has 3 atom stereocenters. The van der Waals surface area contributed by atoms with Crippen molar-refractivity contribution in [2.75, 3.05) is 20.2 Å². The molecule has 1 aliphatic rings. The number of methoxy groups -OCH3 is 1. The van der Waals surface area contributed by atoms with E-state index in [-0.39, 0.29) is 12.5 Å². The summed E-state index contributed by atoms with van der Waals surface area (Å²) in [5.41, 5.74) is 5.43. The van der Waals surface area contributed by atoms with E-state index < -0.39 is 6.10 Å². The van der Waals surface area contributed by atoms with Crippen molar-refractivity contribution in [3.8, 4) is 0 Å². The second-order valence-corrected chi connectivity index (χ2v) is 5.18. The van der Waals surface area contributed by atoms with E-state index >= 15 is 0 Å². The molecule has 1 aliphatic carbocycles. The summed E-state index contributed by atoms with van der Waals surface area (Å²) in [6.45, 7) is 3.30. The average Bonchev–Trinajstić information content (AvgIpc) is 2.30. The fraction of sp³-hybridized carbons (Fsp3) is 0.923. The molecule has 3 unspecified atom stereocenters. The largest absolute Gasteiger partial charge is 0.370 e. The molecule has 0 spiro atoms. The number of rotatable bonds is 6. The molecule has 0 radical (unpaired) electrons. The number of amides is 1. The molecule has 0 bridgehead atoms. The van der Waals surface area contributed by atoms with Crippen LogP contribution in [-0.4, -0.2) is 32.2 Å². The van der Waals surface area contributed by atoms with Gasteiger partial charge in [0, 0.05) is 20.2 Å². The Hall–Kier alpha value is -0.610. The normalized spacial score (nSPS) is 26.5. The summed E-state index contributed by atoms with van der Waals surface area (Å²) < 4.78 is 4.98. The quantitative estimate of drug-likeness (QED) is 0.737. The third kappa shape index (κ3) is 5.04. The molecule has 4 heteroatoms. The molecular weight excluding hydrogens is 216 g/mol. The Morgan fingerprint density at radius 2 is 2.29 bits per heavy atom. The highest BCUT2D eigenvalue weighted by molar-refractivity contribution is 5.80. The van der Waals surface area contributed by atoms with Crippen molar-refractivity contribution in [1.29, 1.82) is 0 Å². The Morgan fingerprint density at radius 3 is 2.88 bits per heavy atom. The zero-order valence-corrected chi connectivity index (χ0v) is 11.1. The first kappa shape index (κ1) is 14.5. The zero-order chi connectivity index (χ0) is 12.7. The predicted molar refractivity (Wildman–Crippen MR) is 68.6 cm³/mol. The van der Waals surface area contributed by atoms with Gasteiger partial charge in [0.05, 0.1) is 0 Å². The molecule has 1 fully saturated rings. The van der Waals surface area contributed by atoms with E-state index in [1.807, 2.05) is 0 Å². The monoisotopic (exact) mass is 242 g/mol. The van der Waals surface area contributed by atoms with Crippen LogP contribution in [0.25, 0.3) is 0 Å². The first-order valence-electron chi connectivity index (χ1n) is 6.68. The Labute approximate surface area is 104 Å². The van der Waals surface area contributed by atoms with Gasteiger partial charge >= 0.3 is 0 Å². The molecule has 0 aromatic heterocycles. The third-order valence-electron chi connectivity index (χ3n) is 3.69. The molecule has 0 aromatic carbocycles. The lowest BCUT2D eigenvalue weighted by Gasteiger charge is -2.26. The molecule has 1 amide bonds. The van der Waals surface area contributed by atoms with Crippen molar-refractivity contribution in [1.82, 2.24) is 5.32 Å². The van der Waals surface area contributed by atoms with Gasteiger partial charge in [0.15, 0.2) is 0 Å². The van der Waals surface area contributed by atoms with Crippen molar-refractivity contribution in [2.45, 2.75) is 45.1 Å². The summed E-state index contributed by atoms with van der Waals surface area (Å²) in [5.74, 6) is 1.54. The van der Waals surface area contributed by atoms with Crippen LogP contribution in [0.15, 0.2) is 0 Å². The van der Waals surface area contributed by atoms with E-state index in [1.54, 1.807) is 0 Å². The van der Waals surface area contributed by atoms with Crippen LogP contribution in [0, 0.1) is 11.8 Å². The van der Waals surface area contributed by atoms with Crippen LogP contribution in [0.2, 0.25) is 0 Å². The minimum absolute atomic E-state index is 0.0844. The maximum atomic E-state index is 11.6. The topological polar surface area (TPSA) is 64.3 Å². The Kier molecular flexibility index (Phi) is 6.52. The summed E-state index contributed by atoms with van der Waals surface area (Å²) in [5, 5.41) is 2.90. The third-order valence-corrected chi connectivity index (χ3v) is 3.69. The molecule has 100 valence electrons. The van der Waals surface area contributed by atoms with Crippen molar-refractivity contribution >= 4 is 5.91 Å². The van der Waals surface area contributed by atoms with E-state index in [2.05, 4.69) is 12.2 Å². The first-order valence-corrected chi connectivity index (χ1v) is 6.68. The molecule has 3 N–H and O–H groups in total. The van der Waals surface area contributed by atoms with Crippen LogP contribution in [0.5, 0.6) is 0 Å². The van der Waals surface area contributed by atoms with E-state index in [0.29, 0.717) is 0 Å². The summed E-state index contributed by atoms with van der Waals surface area (Å²) in [4.78, 5) is 11.6. The van der Waals surface area contributed by atoms with Crippen LogP contribution in [0.4, 0.5) is 0 Å². The summed E-state index contributed by atoms with van der Waals surface area (Å²) in [6, 6.07) is 0. The Balaban J connectivity index is 2.16. The van der Waals surface area contributed by atoms with Gasteiger partial charge in [0.25, 0.3) is 0 Å². The minimum Gasteiger partial charge on any atom is -0.370 e. The van der Waals surface area contributed by atoms with Gasteiger partial charge in [-0.25, -0.2) is 0 Å². The van der Waals surface area contributed by atoms with Crippen molar-refractivity contribution in [2.24, 2.45) is 17.6 Å². The second kappa shape index (κ2) is 7.67. The molecule has 0 saturated heterocycles. The summed E-state index contributed by atoms with van der Waals surface area (Å²) >= 11 is 0. The van der Waals surface area contributed by atoms with Gasteiger partial charge in [-0.15, -0.1) is 0 Å². The lowest BCUT2D eigenvalue weighted by molar-refractivity contribution is -0.130. The fourth-order valence-corrected chi connectivity index (χ4v) is 2.65. The molecule has 0 aromatic rings. The standard InChI is InChI=1S/C13H26N2O2/c1-10-4-3-5-11(8-10)6-7-15-13(16)12(9-14)17-2/h10-12H,3-9,14H2,1-2H3,(H,15,16). The van der Waals surface area contributed by atoms with Gasteiger partial charge < -0.3 is 15.8 Å². The van der Waals surface area contributed by atoms with Crippen LogP contribution in [0.1, 0.15) is 39.0 Å². The van der Waals surface area contributed by atoms with E-state index in [9.17, 15) is 4.79 Å². The zero-order valence-electron chi connectivity index (χ0n) is 11.1. The number of carbonyl (C=O) groups is 1. The number of hydrogen-bond acceptors (Lipinski definition) is 3. The number of nitrogens with two attached hydrogens (primary N) is 1. The van der Waals surface area contributed by atoms with Crippen molar-refractivity contribution in [3.63, 3.8) is 0 Å². The SMILES string of the molecule is COC(CN)C(=O)NCCC1CCCC(C)C1. The second-order valence-electron chi connectivity index (χ2n) is 5.18. The van der Waals surface area contributed by atoms with E-state index in [0.717, 1.165) is 24.8 Å². The van der Waals surface area contributed by atoms with Gasteiger partial charge in [-0.1, -0.05) is 26.2 Å². The predicted octanol–water partition coefficient (Wildman–Crippen LogP) is 1.29. The van der Waals surface area contributed by atoms with Gasteiger partial charge in [-0.3, -0.25) is 4.79 Å². The summed E-state index contributed by atoms with van der Waals surface area (Å²) in [7, 11) is 1.51. The molecule has 0 heterocycles. The van der Waals surface area contributed by atoms with Crippen LogP contribution >= 0.6 is 0 Å². The average molecular weight is 242 g/mol. The number of ether oxygens (including phenoxy) is 1. The maximum Gasteiger partial charge on any atom is 0.250 e. The molecular formula is C13H26N2O2. The van der Waals surface area contributed by atoms with Gasteiger partial charge in [0.1, 0.15) is 6.10 Å². The highest BCUT2D eigenvalue weighted by atomic mass is 16.5. The van der Waals surface area contributed by atoms with Crippen LogP contribution in [-0.2, 0) is 9.53 Å². The van der Waals surface area contributed by atoms with Crippen LogP contribution in [0.3, 0.4) is 0 Å². The molecule has 1 saturated carbocycles. The van der Waals surface area contributed by atoms with E-state index in [4.69, 9.17) is 10.5 Å². The smallest absolute Gasteiger partial charge is 0.250 e. The number of carbonyl (C=O) groups excluding carboxylic acids is 1. The van der Waals surface area contributed by atoms with Gasteiger partial charge in [-0.05, 0) is 24.7 Å². The fourth-order valence-electron chi connectivity index (χ4n) is 2.65. The van der Waals surface area contributed by atoms with Crippen molar-refractivity contribution < 1.29 is 9.53 Å². The lowest BCUT2D eigenvalue weighted by atomic mass is 9.81.